The Kier molecular flexibility index (Phi) is 3.19. The van der Waals surface area contributed by atoms with Crippen LogP contribution in [-0.2, 0) is 0 Å². The zero-order valence-corrected chi connectivity index (χ0v) is 11.6. The van der Waals surface area contributed by atoms with Crippen molar-refractivity contribution in [1.82, 2.24) is 9.97 Å². The normalized spacial score (nSPS) is 12.5. The molecule has 5 nitrogen and oxygen atoms in total. The lowest BCUT2D eigenvalue weighted by Gasteiger charge is -2.13. The highest BCUT2D eigenvalue weighted by Crippen LogP contribution is 2.31. The van der Waals surface area contributed by atoms with Crippen molar-refractivity contribution in [3.8, 4) is 11.1 Å². The predicted octanol–water partition coefficient (Wildman–Crippen LogP) is 2.35. The van der Waals surface area contributed by atoms with Crippen LogP contribution in [0.5, 0.6) is 0 Å². The number of carbonyl (C=O) groups is 1. The number of nitrogens with zero attached hydrogens (tertiary/aromatic N) is 1. The topological polar surface area (TPSA) is 97.8 Å². The van der Waals surface area contributed by atoms with E-state index >= 15 is 0 Å². The van der Waals surface area contributed by atoms with Gasteiger partial charge in [0, 0.05) is 29.4 Å². The molecule has 5 heteroatoms. The van der Waals surface area contributed by atoms with Crippen molar-refractivity contribution in [2.45, 2.75) is 13.0 Å². The number of aromatic nitrogens is 2. The molecular formula is C16H16N4O. The minimum Gasteiger partial charge on any atom is -0.366 e. The third-order valence-electron chi connectivity index (χ3n) is 3.59. The van der Waals surface area contributed by atoms with Gasteiger partial charge in [0.05, 0.1) is 0 Å². The molecule has 3 rings (SSSR count). The van der Waals surface area contributed by atoms with Gasteiger partial charge in [-0.05, 0) is 47.9 Å². The predicted molar refractivity (Wildman–Crippen MR) is 82.7 cm³/mol. The van der Waals surface area contributed by atoms with Gasteiger partial charge in [-0.3, -0.25) is 4.79 Å². The minimum absolute atomic E-state index is 0.116. The van der Waals surface area contributed by atoms with E-state index in [2.05, 4.69) is 9.97 Å². The summed E-state index contributed by atoms with van der Waals surface area (Å²) in [4.78, 5) is 19.0. The number of amides is 1. The lowest BCUT2D eigenvalue weighted by atomic mass is 9.94. The number of pyridine rings is 1. The molecule has 0 saturated carbocycles. The zero-order chi connectivity index (χ0) is 15.0. The maximum atomic E-state index is 11.7. The lowest BCUT2D eigenvalue weighted by Crippen LogP contribution is -2.14. The number of H-pyrrole nitrogens is 1. The molecular weight excluding hydrogens is 264 g/mol. The molecule has 0 aliphatic rings. The number of fused-ring (bicyclic) bond motifs is 1. The maximum Gasteiger partial charge on any atom is 0.249 e. The fourth-order valence-electron chi connectivity index (χ4n) is 2.48. The van der Waals surface area contributed by atoms with Gasteiger partial charge in [-0.15, -0.1) is 0 Å². The van der Waals surface area contributed by atoms with Gasteiger partial charge in [0.25, 0.3) is 0 Å². The molecule has 2 heterocycles. The minimum atomic E-state index is -0.457. The number of hydrogen-bond donors (Lipinski definition) is 3. The molecule has 1 aromatic carbocycles. The number of carbonyl (C=O) groups excluding carboxylic acids is 1. The first-order valence-corrected chi connectivity index (χ1v) is 6.69. The van der Waals surface area contributed by atoms with Crippen LogP contribution in [0.2, 0.25) is 0 Å². The van der Waals surface area contributed by atoms with Crippen LogP contribution in [0, 0.1) is 0 Å². The van der Waals surface area contributed by atoms with E-state index in [1.807, 2.05) is 37.4 Å². The second-order valence-corrected chi connectivity index (χ2v) is 5.06. The molecule has 0 spiro atoms. The van der Waals surface area contributed by atoms with Crippen molar-refractivity contribution >= 4 is 16.9 Å². The van der Waals surface area contributed by atoms with Gasteiger partial charge >= 0.3 is 0 Å². The largest absolute Gasteiger partial charge is 0.366 e. The van der Waals surface area contributed by atoms with E-state index < -0.39 is 5.91 Å². The molecule has 0 saturated heterocycles. The Hall–Kier alpha value is -2.66. The molecule has 1 amide bonds. The maximum absolute atomic E-state index is 11.7. The summed E-state index contributed by atoms with van der Waals surface area (Å²) in [6.07, 6.45) is 3.53. The van der Waals surface area contributed by atoms with E-state index in [1.165, 1.54) is 0 Å². The summed E-state index contributed by atoms with van der Waals surface area (Å²) in [6, 6.07) is 9.18. The average molecular weight is 280 g/mol. The molecule has 0 fully saturated rings. The van der Waals surface area contributed by atoms with Crippen LogP contribution in [0.25, 0.3) is 22.2 Å². The third kappa shape index (κ3) is 2.28. The SMILES string of the molecule is CC(N)c1ccc(C(N)=O)c(-c2ccnc3[nH]ccc23)c1. The van der Waals surface area contributed by atoms with Gasteiger partial charge in [-0.25, -0.2) is 4.98 Å². The van der Waals surface area contributed by atoms with Crippen molar-refractivity contribution in [2.24, 2.45) is 11.5 Å². The smallest absolute Gasteiger partial charge is 0.249 e. The standard InChI is InChI=1S/C16H16N4O/c1-9(17)10-2-3-12(15(18)21)14(8-10)11-4-6-19-16-13(11)5-7-20-16/h2-9H,17H2,1H3,(H2,18,21)(H,19,20). The van der Waals surface area contributed by atoms with Crippen LogP contribution in [-0.4, -0.2) is 15.9 Å². The van der Waals surface area contributed by atoms with Crippen molar-refractivity contribution in [1.29, 1.82) is 0 Å². The second kappa shape index (κ2) is 5.03. The quantitative estimate of drug-likeness (QED) is 0.686. The van der Waals surface area contributed by atoms with Crippen LogP contribution in [0.15, 0.2) is 42.7 Å². The zero-order valence-electron chi connectivity index (χ0n) is 11.6. The Balaban J connectivity index is 2.31. The molecule has 0 bridgehead atoms. The van der Waals surface area contributed by atoms with Crippen LogP contribution >= 0.6 is 0 Å². The Morgan fingerprint density at radius 3 is 2.76 bits per heavy atom. The summed E-state index contributed by atoms with van der Waals surface area (Å²) in [5, 5.41) is 0.946. The lowest BCUT2D eigenvalue weighted by molar-refractivity contribution is 0.100. The fraction of sp³-hybridized carbons (Fsp3) is 0.125. The molecule has 5 N–H and O–H groups in total. The second-order valence-electron chi connectivity index (χ2n) is 5.06. The molecule has 1 atom stereocenters. The van der Waals surface area contributed by atoms with E-state index in [1.54, 1.807) is 12.3 Å². The first-order chi connectivity index (χ1) is 10.1. The molecule has 0 aliphatic heterocycles. The van der Waals surface area contributed by atoms with Gasteiger partial charge < -0.3 is 16.5 Å². The highest BCUT2D eigenvalue weighted by Gasteiger charge is 2.15. The van der Waals surface area contributed by atoms with Gasteiger partial charge in [0.1, 0.15) is 5.65 Å². The molecule has 1 unspecified atom stereocenters. The summed E-state index contributed by atoms with van der Waals surface area (Å²) in [5.41, 5.74) is 15.4. The summed E-state index contributed by atoms with van der Waals surface area (Å²) >= 11 is 0. The van der Waals surface area contributed by atoms with E-state index in [0.717, 1.165) is 27.7 Å². The number of aromatic amines is 1. The number of hydrogen-bond acceptors (Lipinski definition) is 3. The molecule has 3 aromatic rings. The van der Waals surface area contributed by atoms with Crippen LogP contribution in [0.3, 0.4) is 0 Å². The molecule has 0 radical (unpaired) electrons. The van der Waals surface area contributed by atoms with Gasteiger partial charge in [-0.1, -0.05) is 6.07 Å². The van der Waals surface area contributed by atoms with Gasteiger partial charge in [-0.2, -0.15) is 0 Å². The number of primary amides is 1. The van der Waals surface area contributed by atoms with E-state index in [4.69, 9.17) is 11.5 Å². The molecule has 106 valence electrons. The summed E-state index contributed by atoms with van der Waals surface area (Å²) in [6.45, 7) is 1.90. The van der Waals surface area contributed by atoms with Crippen LogP contribution in [0.4, 0.5) is 0 Å². The molecule has 2 aromatic heterocycles. The van der Waals surface area contributed by atoms with Crippen molar-refractivity contribution in [3.63, 3.8) is 0 Å². The number of rotatable bonds is 3. The first-order valence-electron chi connectivity index (χ1n) is 6.69. The highest BCUT2D eigenvalue weighted by molar-refractivity contribution is 6.04. The van der Waals surface area contributed by atoms with Crippen LogP contribution < -0.4 is 11.5 Å². The van der Waals surface area contributed by atoms with Crippen molar-refractivity contribution in [3.05, 3.63) is 53.9 Å². The van der Waals surface area contributed by atoms with Crippen molar-refractivity contribution < 1.29 is 4.79 Å². The number of nitrogens with two attached hydrogens (primary N) is 2. The van der Waals surface area contributed by atoms with E-state index in [0.29, 0.717) is 5.56 Å². The van der Waals surface area contributed by atoms with Crippen LogP contribution in [0.1, 0.15) is 28.9 Å². The Morgan fingerprint density at radius 2 is 2.05 bits per heavy atom. The van der Waals surface area contributed by atoms with E-state index in [-0.39, 0.29) is 6.04 Å². The Bertz CT molecular complexity index is 820. The Labute approximate surface area is 122 Å². The third-order valence-corrected chi connectivity index (χ3v) is 3.59. The van der Waals surface area contributed by atoms with Gasteiger partial charge in [0.2, 0.25) is 5.91 Å². The first kappa shape index (κ1) is 13.3. The highest BCUT2D eigenvalue weighted by atomic mass is 16.1. The Morgan fingerprint density at radius 1 is 1.24 bits per heavy atom. The molecule has 0 aliphatic carbocycles. The monoisotopic (exact) mass is 280 g/mol. The summed E-state index contributed by atoms with van der Waals surface area (Å²) in [5.74, 6) is -0.457. The number of nitrogens with one attached hydrogen (secondary N) is 1. The van der Waals surface area contributed by atoms with Crippen molar-refractivity contribution in [2.75, 3.05) is 0 Å². The van der Waals surface area contributed by atoms with Gasteiger partial charge in [0.15, 0.2) is 0 Å². The average Bonchev–Trinajstić information content (AvgIpc) is 2.94. The van der Waals surface area contributed by atoms with E-state index in [9.17, 15) is 4.79 Å². The fourth-order valence-corrected chi connectivity index (χ4v) is 2.48. The number of benzene rings is 1. The summed E-state index contributed by atoms with van der Waals surface area (Å²) in [7, 11) is 0. The summed E-state index contributed by atoms with van der Waals surface area (Å²) < 4.78 is 0. The molecule has 21 heavy (non-hydrogen) atoms.